The topological polar surface area (TPSA) is 40.5 Å². The summed E-state index contributed by atoms with van der Waals surface area (Å²) in [5.74, 6) is 0.219. The number of piperidine rings is 1. The molecular weight excluding hydrogens is 238 g/mol. The lowest BCUT2D eigenvalue weighted by atomic mass is 9.75. The van der Waals surface area contributed by atoms with E-state index in [-0.39, 0.29) is 0 Å². The second-order valence-electron chi connectivity index (χ2n) is 7.71. The molecule has 0 aromatic heterocycles. The number of rotatable bonds is 3. The van der Waals surface area contributed by atoms with Crippen LogP contribution in [0.4, 0.5) is 0 Å². The van der Waals surface area contributed by atoms with E-state index in [1.54, 1.807) is 0 Å². The summed E-state index contributed by atoms with van der Waals surface area (Å²) < 4.78 is 0. The number of nitrogens with zero attached hydrogens (tertiary/aromatic N) is 1. The van der Waals surface area contributed by atoms with Crippen LogP contribution in [0, 0.1) is 16.7 Å². The van der Waals surface area contributed by atoms with Crippen LogP contribution in [-0.4, -0.2) is 35.6 Å². The molecule has 1 heterocycles. The Morgan fingerprint density at radius 1 is 1.21 bits per heavy atom. The molecule has 1 saturated heterocycles. The molecule has 2 fully saturated rings. The van der Waals surface area contributed by atoms with Crippen molar-refractivity contribution in [2.24, 2.45) is 16.7 Å². The molecule has 0 aromatic carbocycles. The molecule has 1 saturated carbocycles. The van der Waals surface area contributed by atoms with Crippen LogP contribution in [0.1, 0.15) is 59.3 Å². The van der Waals surface area contributed by atoms with Crippen molar-refractivity contribution in [3.8, 4) is 0 Å². The molecule has 1 N–H and O–H groups in total. The van der Waals surface area contributed by atoms with Gasteiger partial charge in [0, 0.05) is 6.54 Å². The van der Waals surface area contributed by atoms with Gasteiger partial charge >= 0.3 is 5.97 Å². The van der Waals surface area contributed by atoms with Crippen LogP contribution in [0.2, 0.25) is 0 Å². The van der Waals surface area contributed by atoms with Crippen LogP contribution >= 0.6 is 0 Å². The smallest absolute Gasteiger partial charge is 0.310 e. The Morgan fingerprint density at radius 3 is 2.16 bits per heavy atom. The van der Waals surface area contributed by atoms with E-state index in [0.29, 0.717) is 5.41 Å². The zero-order valence-electron chi connectivity index (χ0n) is 12.7. The fraction of sp³-hybridized carbons (Fsp3) is 0.938. The number of likely N-dealkylation sites (tertiary alicyclic amines) is 1. The fourth-order valence-electron chi connectivity index (χ4n) is 3.88. The Hall–Kier alpha value is -0.570. The molecule has 2 rings (SSSR count). The first-order valence-electron chi connectivity index (χ1n) is 7.79. The molecule has 1 aliphatic carbocycles. The number of carbonyl (C=O) groups is 1. The quantitative estimate of drug-likeness (QED) is 0.852. The summed E-state index contributed by atoms with van der Waals surface area (Å²) in [7, 11) is 0. The molecule has 0 aromatic rings. The van der Waals surface area contributed by atoms with Gasteiger partial charge in [-0.05, 0) is 50.1 Å². The number of carboxylic acids is 1. The van der Waals surface area contributed by atoms with Gasteiger partial charge < -0.3 is 10.0 Å². The van der Waals surface area contributed by atoms with Crippen LogP contribution in [0.3, 0.4) is 0 Å². The lowest BCUT2D eigenvalue weighted by molar-refractivity contribution is -0.150. The molecule has 1 aliphatic heterocycles. The SMILES string of the molecule is CC(C)(C)C1CCN(CC2(C(=O)O)CCCC2)CC1. The van der Waals surface area contributed by atoms with Gasteiger partial charge in [-0.25, -0.2) is 0 Å². The Morgan fingerprint density at radius 2 is 1.74 bits per heavy atom. The minimum Gasteiger partial charge on any atom is -0.481 e. The van der Waals surface area contributed by atoms with E-state index in [0.717, 1.165) is 51.2 Å². The predicted molar refractivity (Wildman–Crippen MR) is 77.2 cm³/mol. The van der Waals surface area contributed by atoms with Gasteiger partial charge in [0.25, 0.3) is 0 Å². The van der Waals surface area contributed by atoms with Gasteiger partial charge in [0.15, 0.2) is 0 Å². The van der Waals surface area contributed by atoms with Crippen LogP contribution in [0.15, 0.2) is 0 Å². The highest BCUT2D eigenvalue weighted by Crippen LogP contribution is 2.41. The van der Waals surface area contributed by atoms with Crippen molar-refractivity contribution >= 4 is 5.97 Å². The van der Waals surface area contributed by atoms with Gasteiger partial charge in [-0.15, -0.1) is 0 Å². The van der Waals surface area contributed by atoms with Crippen molar-refractivity contribution in [1.82, 2.24) is 4.90 Å². The zero-order valence-corrected chi connectivity index (χ0v) is 12.7. The van der Waals surface area contributed by atoms with E-state index < -0.39 is 11.4 Å². The molecule has 2 aliphatic rings. The first-order chi connectivity index (χ1) is 8.83. The van der Waals surface area contributed by atoms with E-state index in [1.165, 1.54) is 12.8 Å². The third-order valence-electron chi connectivity index (χ3n) is 5.35. The van der Waals surface area contributed by atoms with Gasteiger partial charge in [0.2, 0.25) is 0 Å². The maximum absolute atomic E-state index is 11.6. The molecular formula is C16H29NO2. The van der Waals surface area contributed by atoms with Gasteiger partial charge in [0.05, 0.1) is 5.41 Å². The van der Waals surface area contributed by atoms with Crippen molar-refractivity contribution in [3.05, 3.63) is 0 Å². The second-order valence-corrected chi connectivity index (χ2v) is 7.71. The van der Waals surface area contributed by atoms with Crippen molar-refractivity contribution in [2.75, 3.05) is 19.6 Å². The molecule has 3 nitrogen and oxygen atoms in total. The standard InChI is InChI=1S/C16H29NO2/c1-15(2,3)13-6-10-17(11-7-13)12-16(14(18)19)8-4-5-9-16/h13H,4-12H2,1-3H3,(H,18,19). The Labute approximate surface area is 117 Å². The Kier molecular flexibility index (Phi) is 4.24. The monoisotopic (exact) mass is 267 g/mol. The van der Waals surface area contributed by atoms with E-state index in [9.17, 15) is 9.90 Å². The first kappa shape index (κ1) is 14.8. The van der Waals surface area contributed by atoms with Crippen molar-refractivity contribution in [1.29, 1.82) is 0 Å². The summed E-state index contributed by atoms with van der Waals surface area (Å²) in [6, 6.07) is 0. The van der Waals surface area contributed by atoms with Crippen molar-refractivity contribution in [3.63, 3.8) is 0 Å². The van der Waals surface area contributed by atoms with Gasteiger partial charge in [-0.1, -0.05) is 33.6 Å². The maximum Gasteiger partial charge on any atom is 0.310 e. The highest BCUT2D eigenvalue weighted by molar-refractivity contribution is 5.75. The summed E-state index contributed by atoms with van der Waals surface area (Å²) in [5.41, 5.74) is -0.0432. The molecule has 0 atom stereocenters. The lowest BCUT2D eigenvalue weighted by Gasteiger charge is -2.41. The number of carboxylic acid groups (broad SMARTS) is 1. The highest BCUT2D eigenvalue weighted by atomic mass is 16.4. The molecule has 0 amide bonds. The van der Waals surface area contributed by atoms with E-state index in [4.69, 9.17) is 0 Å². The Balaban J connectivity index is 1.90. The molecule has 19 heavy (non-hydrogen) atoms. The maximum atomic E-state index is 11.6. The fourth-order valence-corrected chi connectivity index (χ4v) is 3.88. The number of aliphatic carboxylic acids is 1. The summed E-state index contributed by atoms with van der Waals surface area (Å²) in [5, 5.41) is 9.55. The van der Waals surface area contributed by atoms with Gasteiger partial charge in [0.1, 0.15) is 0 Å². The van der Waals surface area contributed by atoms with E-state index in [1.807, 2.05) is 0 Å². The van der Waals surface area contributed by atoms with Gasteiger partial charge in [-0.2, -0.15) is 0 Å². The minimum atomic E-state index is -0.567. The first-order valence-corrected chi connectivity index (χ1v) is 7.79. The van der Waals surface area contributed by atoms with Crippen molar-refractivity contribution in [2.45, 2.75) is 59.3 Å². The van der Waals surface area contributed by atoms with Crippen LogP contribution in [-0.2, 0) is 4.79 Å². The third kappa shape index (κ3) is 3.31. The normalized spacial score (nSPS) is 25.6. The lowest BCUT2D eigenvalue weighted by Crippen LogP contribution is -2.46. The zero-order chi connectivity index (χ0) is 14.1. The molecule has 110 valence electrons. The van der Waals surface area contributed by atoms with Crippen LogP contribution in [0.25, 0.3) is 0 Å². The van der Waals surface area contributed by atoms with Gasteiger partial charge in [-0.3, -0.25) is 4.79 Å². The summed E-state index contributed by atoms with van der Waals surface area (Å²) in [6.07, 6.45) is 6.37. The molecule has 0 unspecified atom stereocenters. The summed E-state index contributed by atoms with van der Waals surface area (Å²) in [4.78, 5) is 14.0. The third-order valence-corrected chi connectivity index (χ3v) is 5.35. The molecule has 0 spiro atoms. The summed E-state index contributed by atoms with van der Waals surface area (Å²) >= 11 is 0. The van der Waals surface area contributed by atoms with Crippen LogP contribution < -0.4 is 0 Å². The minimum absolute atomic E-state index is 0.393. The molecule has 3 heteroatoms. The predicted octanol–water partition coefficient (Wildman–Crippen LogP) is 3.39. The van der Waals surface area contributed by atoms with Crippen LogP contribution in [0.5, 0.6) is 0 Å². The molecule has 0 bridgehead atoms. The summed E-state index contributed by atoms with van der Waals surface area (Å²) in [6.45, 7) is 9.91. The van der Waals surface area contributed by atoms with E-state index >= 15 is 0 Å². The average molecular weight is 267 g/mol. The molecule has 0 radical (unpaired) electrons. The average Bonchev–Trinajstić information content (AvgIpc) is 2.78. The Bertz CT molecular complexity index is 318. The number of hydrogen-bond acceptors (Lipinski definition) is 2. The highest BCUT2D eigenvalue weighted by Gasteiger charge is 2.43. The largest absolute Gasteiger partial charge is 0.481 e. The second kappa shape index (κ2) is 5.43. The number of hydrogen-bond donors (Lipinski definition) is 1. The van der Waals surface area contributed by atoms with E-state index in [2.05, 4.69) is 25.7 Å². The van der Waals surface area contributed by atoms with Crippen molar-refractivity contribution < 1.29 is 9.90 Å².